The zero-order valence-corrected chi connectivity index (χ0v) is 22.5. The fourth-order valence-electron chi connectivity index (χ4n) is 3.70. The van der Waals surface area contributed by atoms with E-state index in [0.717, 1.165) is 5.56 Å². The molecule has 0 heterocycles. The summed E-state index contributed by atoms with van der Waals surface area (Å²) in [6.07, 6.45) is 0.323. The van der Waals surface area contributed by atoms with E-state index in [-0.39, 0.29) is 53.0 Å². The van der Waals surface area contributed by atoms with Gasteiger partial charge in [0.05, 0.1) is 7.11 Å². The van der Waals surface area contributed by atoms with E-state index in [4.69, 9.17) is 8.92 Å². The summed E-state index contributed by atoms with van der Waals surface area (Å²) < 4.78 is 50.1. The Balaban J connectivity index is 1.86. The van der Waals surface area contributed by atoms with Crippen molar-refractivity contribution in [3.05, 3.63) is 83.7 Å². The highest BCUT2D eigenvalue weighted by atomic mass is 32.2. The second-order valence-corrected chi connectivity index (χ2v) is 10.7. The van der Waals surface area contributed by atoms with Crippen LogP contribution in [0, 0.1) is 11.7 Å². The van der Waals surface area contributed by atoms with Gasteiger partial charge >= 0.3 is 10.1 Å². The minimum atomic E-state index is -4.23. The third-order valence-electron chi connectivity index (χ3n) is 5.49. The predicted molar refractivity (Wildman–Crippen MR) is 142 cm³/mol. The summed E-state index contributed by atoms with van der Waals surface area (Å²) in [7, 11) is -2.84. The molecule has 0 spiro atoms. The first-order valence-corrected chi connectivity index (χ1v) is 13.4. The van der Waals surface area contributed by atoms with Crippen LogP contribution in [-0.4, -0.2) is 32.2 Å². The molecule has 0 saturated heterocycles. The second kappa shape index (κ2) is 12.6. The van der Waals surface area contributed by atoms with Gasteiger partial charge in [-0.05, 0) is 65.6 Å². The molecule has 202 valence electrons. The highest BCUT2D eigenvalue weighted by molar-refractivity contribution is 7.87. The first kappa shape index (κ1) is 28.6. The predicted octanol–water partition coefficient (Wildman–Crippen LogP) is 5.14. The normalized spacial score (nSPS) is 11.2. The van der Waals surface area contributed by atoms with Crippen LogP contribution in [0.15, 0.2) is 71.6 Å². The molecule has 0 radical (unpaired) electrons. The maximum atomic E-state index is 13.4. The number of carbonyl (C=O) groups is 2. The number of hydrogen-bond acceptors (Lipinski definition) is 6. The van der Waals surface area contributed by atoms with Gasteiger partial charge < -0.3 is 19.1 Å². The molecule has 3 rings (SSSR count). The number of hydrogen-bond donors (Lipinski definition) is 1. The molecule has 1 N–H and O–H groups in total. The lowest BCUT2D eigenvalue weighted by atomic mass is 10.1. The van der Waals surface area contributed by atoms with Gasteiger partial charge in [0.1, 0.15) is 10.7 Å². The maximum Gasteiger partial charge on any atom is 0.339 e. The second-order valence-electron chi connectivity index (χ2n) is 9.20. The van der Waals surface area contributed by atoms with Gasteiger partial charge in [0, 0.05) is 32.1 Å². The zero-order valence-electron chi connectivity index (χ0n) is 21.7. The van der Waals surface area contributed by atoms with E-state index < -0.39 is 10.1 Å². The van der Waals surface area contributed by atoms with E-state index >= 15 is 0 Å². The van der Waals surface area contributed by atoms with Crippen LogP contribution in [-0.2, 0) is 32.8 Å². The van der Waals surface area contributed by atoms with Crippen LogP contribution < -0.4 is 14.2 Å². The average Bonchev–Trinajstić information content (AvgIpc) is 2.84. The van der Waals surface area contributed by atoms with Gasteiger partial charge in [0.25, 0.3) is 0 Å². The van der Waals surface area contributed by atoms with E-state index in [2.05, 4.69) is 5.32 Å². The highest BCUT2D eigenvalue weighted by Crippen LogP contribution is 2.32. The average molecular weight is 543 g/mol. The number of nitrogens with one attached hydrogen (secondary N) is 1. The number of methoxy groups -OCH3 is 1. The van der Waals surface area contributed by atoms with Crippen LogP contribution >= 0.6 is 0 Å². The Bertz CT molecular complexity index is 1370. The molecule has 10 heteroatoms. The molecule has 3 aromatic rings. The third-order valence-corrected chi connectivity index (χ3v) is 6.74. The van der Waals surface area contributed by atoms with Crippen molar-refractivity contribution in [1.29, 1.82) is 0 Å². The number of anilines is 1. The fourth-order valence-corrected chi connectivity index (χ4v) is 4.63. The molecular weight excluding hydrogens is 511 g/mol. The van der Waals surface area contributed by atoms with Gasteiger partial charge in [-0.2, -0.15) is 8.42 Å². The SMILES string of the molecule is COc1ccc(CN(Cc2ccc(F)cc2)C(=O)CC(C)C)cc1OS(=O)(=O)c1ccc(NC(C)=O)cc1. The molecule has 0 aromatic heterocycles. The van der Waals surface area contributed by atoms with Crippen LogP contribution in [0.5, 0.6) is 11.5 Å². The monoisotopic (exact) mass is 542 g/mol. The van der Waals surface area contributed by atoms with E-state index in [0.29, 0.717) is 17.7 Å². The van der Waals surface area contributed by atoms with Crippen LogP contribution in [0.1, 0.15) is 38.3 Å². The minimum absolute atomic E-state index is 0.0334. The van der Waals surface area contributed by atoms with E-state index in [9.17, 15) is 22.4 Å². The van der Waals surface area contributed by atoms with Crippen molar-refractivity contribution in [2.75, 3.05) is 12.4 Å². The fraction of sp³-hybridized carbons (Fsp3) is 0.286. The highest BCUT2D eigenvalue weighted by Gasteiger charge is 2.21. The summed E-state index contributed by atoms with van der Waals surface area (Å²) in [6, 6.07) is 16.3. The number of amides is 2. The lowest BCUT2D eigenvalue weighted by Gasteiger charge is -2.24. The number of benzene rings is 3. The molecule has 3 aromatic carbocycles. The van der Waals surface area contributed by atoms with Crippen LogP contribution in [0.25, 0.3) is 0 Å². The van der Waals surface area contributed by atoms with Crippen molar-refractivity contribution >= 4 is 27.6 Å². The van der Waals surface area contributed by atoms with Gasteiger partial charge in [-0.3, -0.25) is 9.59 Å². The molecule has 0 bridgehead atoms. The van der Waals surface area contributed by atoms with Crippen molar-refractivity contribution in [2.45, 2.75) is 45.2 Å². The van der Waals surface area contributed by atoms with Crippen LogP contribution in [0.2, 0.25) is 0 Å². The molecule has 38 heavy (non-hydrogen) atoms. The molecule has 0 aliphatic rings. The largest absolute Gasteiger partial charge is 0.493 e. The molecule has 2 amide bonds. The summed E-state index contributed by atoms with van der Waals surface area (Å²) in [5.41, 5.74) is 1.83. The Morgan fingerprint density at radius 3 is 2.11 bits per heavy atom. The summed E-state index contributed by atoms with van der Waals surface area (Å²) >= 11 is 0. The Labute approximate surface area is 222 Å². The number of nitrogens with zero attached hydrogens (tertiary/aromatic N) is 1. The van der Waals surface area contributed by atoms with Gasteiger partial charge in [-0.1, -0.05) is 32.0 Å². The first-order chi connectivity index (χ1) is 18.0. The summed E-state index contributed by atoms with van der Waals surface area (Å²) in [4.78, 5) is 25.8. The summed E-state index contributed by atoms with van der Waals surface area (Å²) in [5.74, 6) is -0.431. The number of ether oxygens (including phenoxy) is 1. The molecule has 0 aliphatic heterocycles. The van der Waals surface area contributed by atoms with Crippen molar-refractivity contribution in [3.8, 4) is 11.5 Å². The van der Waals surface area contributed by atoms with Crippen LogP contribution in [0.3, 0.4) is 0 Å². The summed E-state index contributed by atoms with van der Waals surface area (Å²) in [6.45, 7) is 5.67. The molecule has 0 atom stereocenters. The quantitative estimate of drug-likeness (QED) is 0.337. The lowest BCUT2D eigenvalue weighted by Crippen LogP contribution is -2.31. The smallest absolute Gasteiger partial charge is 0.339 e. The lowest BCUT2D eigenvalue weighted by molar-refractivity contribution is -0.133. The molecule has 0 saturated carbocycles. The van der Waals surface area contributed by atoms with Crippen LogP contribution in [0.4, 0.5) is 10.1 Å². The van der Waals surface area contributed by atoms with Crippen molar-refractivity contribution in [1.82, 2.24) is 4.90 Å². The number of carbonyl (C=O) groups excluding carboxylic acids is 2. The Kier molecular flexibility index (Phi) is 9.46. The maximum absolute atomic E-state index is 13.4. The molecular formula is C28H31FN2O6S. The zero-order chi connectivity index (χ0) is 27.9. The first-order valence-electron chi connectivity index (χ1n) is 12.0. The van der Waals surface area contributed by atoms with Gasteiger partial charge in [0.15, 0.2) is 11.5 Å². The molecule has 0 unspecified atom stereocenters. The van der Waals surface area contributed by atoms with Crippen molar-refractivity contribution in [3.63, 3.8) is 0 Å². The van der Waals surface area contributed by atoms with E-state index in [1.807, 2.05) is 13.8 Å². The molecule has 0 fully saturated rings. The van der Waals surface area contributed by atoms with Crippen molar-refractivity contribution in [2.24, 2.45) is 5.92 Å². The Morgan fingerprint density at radius 1 is 0.921 bits per heavy atom. The third kappa shape index (κ3) is 8.04. The number of rotatable bonds is 11. The van der Waals surface area contributed by atoms with E-state index in [1.54, 1.807) is 29.2 Å². The van der Waals surface area contributed by atoms with Gasteiger partial charge in [-0.15, -0.1) is 0 Å². The van der Waals surface area contributed by atoms with Gasteiger partial charge in [0.2, 0.25) is 11.8 Å². The van der Waals surface area contributed by atoms with E-state index in [1.165, 1.54) is 56.5 Å². The molecule has 8 nitrogen and oxygen atoms in total. The minimum Gasteiger partial charge on any atom is -0.493 e. The Morgan fingerprint density at radius 2 is 1.53 bits per heavy atom. The van der Waals surface area contributed by atoms with Gasteiger partial charge in [-0.25, -0.2) is 4.39 Å². The molecule has 0 aliphatic carbocycles. The standard InChI is InChI=1S/C28H31FN2O6S/c1-19(2)15-28(33)31(17-21-5-8-23(29)9-6-21)18-22-7-14-26(36-4)27(16-22)37-38(34,35)25-12-10-24(11-13-25)30-20(3)32/h5-14,16,19H,15,17-18H2,1-4H3,(H,30,32). The number of halogens is 1. The van der Waals surface area contributed by atoms with Crippen molar-refractivity contribution < 1.29 is 31.3 Å². The topological polar surface area (TPSA) is 102 Å². The Hall–Kier alpha value is -3.92. The summed E-state index contributed by atoms with van der Waals surface area (Å²) in [5, 5.41) is 2.57.